The van der Waals surface area contributed by atoms with E-state index in [1.807, 2.05) is 0 Å². The van der Waals surface area contributed by atoms with Gasteiger partial charge in [0.1, 0.15) is 5.82 Å². The highest BCUT2D eigenvalue weighted by molar-refractivity contribution is 5.20. The van der Waals surface area contributed by atoms with Crippen LogP contribution in [0, 0.1) is 23.4 Å². The molecule has 0 saturated heterocycles. The molecule has 0 radical (unpaired) electrons. The highest BCUT2D eigenvalue weighted by atomic mass is 19.2. The van der Waals surface area contributed by atoms with Crippen molar-refractivity contribution in [2.75, 3.05) is 7.11 Å². The summed E-state index contributed by atoms with van der Waals surface area (Å²) in [5, 5.41) is 0. The fraction of sp³-hybridized carbons (Fsp3) is 0.739. The first-order chi connectivity index (χ1) is 12.8. The average molecular weight is 387 g/mol. The predicted molar refractivity (Wildman–Crippen MR) is 106 cm³/mol. The fourth-order valence-electron chi connectivity index (χ4n) is 3.64. The van der Waals surface area contributed by atoms with Gasteiger partial charge in [0.05, 0.1) is 5.60 Å². The summed E-state index contributed by atoms with van der Waals surface area (Å²) in [6.45, 7) is 6.48. The number of hydrogen-bond donors (Lipinski definition) is 0. The van der Waals surface area contributed by atoms with E-state index in [0.717, 1.165) is 31.7 Å². The Morgan fingerprint density at radius 2 is 1.37 bits per heavy atom. The van der Waals surface area contributed by atoms with Gasteiger partial charge in [-0.2, -0.15) is 0 Å². The first-order valence-electron chi connectivity index (χ1n) is 10.5. The molecule has 1 aromatic carbocycles. The first kappa shape index (κ1) is 24.0. The molecule has 0 heterocycles. The summed E-state index contributed by atoms with van der Waals surface area (Å²) in [4.78, 5) is 0. The molecule has 0 aliphatic rings. The second-order valence-corrected chi connectivity index (χ2v) is 8.16. The van der Waals surface area contributed by atoms with Crippen LogP contribution in [0.5, 0.6) is 0 Å². The Bertz CT molecular complexity index is 543. The van der Waals surface area contributed by atoms with Gasteiger partial charge in [-0.3, -0.25) is 0 Å². The average Bonchev–Trinajstić information content (AvgIpc) is 2.63. The van der Waals surface area contributed by atoms with Crippen molar-refractivity contribution in [3.63, 3.8) is 0 Å². The van der Waals surface area contributed by atoms with Crippen molar-refractivity contribution in [3.05, 3.63) is 35.1 Å². The van der Waals surface area contributed by atoms with E-state index < -0.39 is 17.5 Å². The van der Waals surface area contributed by atoms with E-state index in [9.17, 15) is 13.2 Å². The lowest BCUT2D eigenvalue weighted by Gasteiger charge is -2.33. The monoisotopic (exact) mass is 386 g/mol. The van der Waals surface area contributed by atoms with Crippen LogP contribution in [0.15, 0.2) is 12.1 Å². The van der Waals surface area contributed by atoms with Gasteiger partial charge in [-0.05, 0) is 57.1 Å². The van der Waals surface area contributed by atoms with Crippen LogP contribution >= 0.6 is 0 Å². The maximum Gasteiger partial charge on any atom is 0.161 e. The van der Waals surface area contributed by atoms with Gasteiger partial charge in [-0.15, -0.1) is 0 Å². The first-order valence-corrected chi connectivity index (χ1v) is 10.5. The third kappa shape index (κ3) is 8.68. The molecule has 0 N–H and O–H groups in total. The molecule has 1 rings (SSSR count). The highest BCUT2D eigenvalue weighted by Crippen LogP contribution is 2.31. The second kappa shape index (κ2) is 12.4. The Hall–Kier alpha value is -1.03. The summed E-state index contributed by atoms with van der Waals surface area (Å²) in [5.74, 6) is -2.32. The number of ether oxygens (including phenoxy) is 1. The van der Waals surface area contributed by atoms with Crippen molar-refractivity contribution in [2.45, 2.75) is 97.0 Å². The summed E-state index contributed by atoms with van der Waals surface area (Å²) in [6.07, 6.45) is 11.9. The Kier molecular flexibility index (Phi) is 11.1. The molecule has 0 aromatic heterocycles. The molecule has 0 spiro atoms. The van der Waals surface area contributed by atoms with E-state index in [-0.39, 0.29) is 11.2 Å². The summed E-state index contributed by atoms with van der Waals surface area (Å²) in [6, 6.07) is 1.62. The van der Waals surface area contributed by atoms with Gasteiger partial charge < -0.3 is 4.74 Å². The van der Waals surface area contributed by atoms with Gasteiger partial charge in [-0.25, -0.2) is 13.2 Å². The molecular formula is C23H37F3O. The third-order valence-corrected chi connectivity index (χ3v) is 5.75. The van der Waals surface area contributed by atoms with Gasteiger partial charge in [0, 0.05) is 13.2 Å². The quantitative estimate of drug-likeness (QED) is 0.236. The van der Waals surface area contributed by atoms with Crippen LogP contribution in [-0.2, 0) is 11.2 Å². The maximum absolute atomic E-state index is 13.7. The molecule has 0 bridgehead atoms. The molecule has 0 aliphatic carbocycles. The zero-order valence-electron chi connectivity index (χ0n) is 17.6. The van der Waals surface area contributed by atoms with Gasteiger partial charge in [0.15, 0.2) is 11.6 Å². The third-order valence-electron chi connectivity index (χ3n) is 5.75. The van der Waals surface area contributed by atoms with E-state index in [0.29, 0.717) is 18.4 Å². The zero-order chi connectivity index (χ0) is 20.3. The summed E-state index contributed by atoms with van der Waals surface area (Å²) >= 11 is 0. The summed E-state index contributed by atoms with van der Waals surface area (Å²) < 4.78 is 45.7. The minimum Gasteiger partial charge on any atom is -0.379 e. The zero-order valence-corrected chi connectivity index (χ0v) is 17.6. The molecule has 0 aliphatic heterocycles. The Labute approximate surface area is 163 Å². The number of benzene rings is 1. The van der Waals surface area contributed by atoms with Crippen LogP contribution in [-0.4, -0.2) is 12.7 Å². The number of rotatable bonds is 14. The van der Waals surface area contributed by atoms with Crippen molar-refractivity contribution in [1.29, 1.82) is 0 Å². The number of methoxy groups -OCH3 is 1. The molecule has 156 valence electrons. The lowest BCUT2D eigenvalue weighted by Crippen LogP contribution is -2.33. The molecule has 1 aromatic rings. The van der Waals surface area contributed by atoms with Crippen molar-refractivity contribution in [1.82, 2.24) is 0 Å². The van der Waals surface area contributed by atoms with E-state index in [4.69, 9.17) is 4.74 Å². The van der Waals surface area contributed by atoms with Gasteiger partial charge in [0.25, 0.3) is 0 Å². The molecule has 0 fully saturated rings. The SMILES string of the molecule is CCCCCCCCC(CCCCc1cc(F)c(F)cc1F)C(C)(C)OC. The fourth-order valence-corrected chi connectivity index (χ4v) is 3.64. The van der Waals surface area contributed by atoms with E-state index >= 15 is 0 Å². The van der Waals surface area contributed by atoms with Crippen molar-refractivity contribution in [2.24, 2.45) is 5.92 Å². The molecule has 1 unspecified atom stereocenters. The molecular weight excluding hydrogens is 349 g/mol. The maximum atomic E-state index is 13.7. The van der Waals surface area contributed by atoms with Crippen LogP contribution < -0.4 is 0 Å². The van der Waals surface area contributed by atoms with Crippen LogP contribution in [0.2, 0.25) is 0 Å². The minimum absolute atomic E-state index is 0.184. The van der Waals surface area contributed by atoms with Crippen molar-refractivity contribution >= 4 is 0 Å². The molecule has 0 saturated carbocycles. The van der Waals surface area contributed by atoms with E-state index in [1.165, 1.54) is 38.5 Å². The number of halogens is 3. The molecule has 27 heavy (non-hydrogen) atoms. The van der Waals surface area contributed by atoms with E-state index in [1.54, 1.807) is 7.11 Å². The summed E-state index contributed by atoms with van der Waals surface area (Å²) in [5.41, 5.74) is 0.0730. The van der Waals surface area contributed by atoms with Crippen LogP contribution in [0.4, 0.5) is 13.2 Å². The molecule has 0 amide bonds. The van der Waals surface area contributed by atoms with Gasteiger partial charge in [0.2, 0.25) is 0 Å². The number of unbranched alkanes of at least 4 members (excludes halogenated alkanes) is 6. The van der Waals surface area contributed by atoms with Gasteiger partial charge in [-0.1, -0.05) is 51.9 Å². The highest BCUT2D eigenvalue weighted by Gasteiger charge is 2.28. The van der Waals surface area contributed by atoms with Crippen LogP contribution in [0.1, 0.15) is 90.5 Å². The van der Waals surface area contributed by atoms with Crippen molar-refractivity contribution in [3.8, 4) is 0 Å². The largest absolute Gasteiger partial charge is 0.379 e. The topological polar surface area (TPSA) is 9.23 Å². The molecule has 1 atom stereocenters. The number of aryl methyl sites for hydroxylation is 1. The van der Waals surface area contributed by atoms with Crippen LogP contribution in [0.3, 0.4) is 0 Å². The standard InChI is InChI=1S/C23H37F3O/c1-5-6-7-8-9-10-14-19(23(2,3)27-4)15-12-11-13-18-16-21(25)22(26)17-20(18)24/h16-17,19H,5-15H2,1-4H3. The predicted octanol–water partition coefficient (Wildman–Crippen LogP) is 7.61. The van der Waals surface area contributed by atoms with Crippen LogP contribution in [0.25, 0.3) is 0 Å². The second-order valence-electron chi connectivity index (χ2n) is 8.16. The molecule has 4 heteroatoms. The Morgan fingerprint density at radius 3 is 2.00 bits per heavy atom. The van der Waals surface area contributed by atoms with E-state index in [2.05, 4.69) is 20.8 Å². The Balaban J connectivity index is 2.44. The normalized spacial score (nSPS) is 13.1. The number of hydrogen-bond acceptors (Lipinski definition) is 1. The van der Waals surface area contributed by atoms with Gasteiger partial charge >= 0.3 is 0 Å². The lowest BCUT2D eigenvalue weighted by molar-refractivity contribution is -0.0352. The smallest absolute Gasteiger partial charge is 0.161 e. The molecule has 1 nitrogen and oxygen atoms in total. The van der Waals surface area contributed by atoms with Crippen molar-refractivity contribution < 1.29 is 17.9 Å². The summed E-state index contributed by atoms with van der Waals surface area (Å²) in [7, 11) is 1.75. The minimum atomic E-state index is -1.13. The lowest BCUT2D eigenvalue weighted by atomic mass is 9.82. The Morgan fingerprint density at radius 1 is 0.815 bits per heavy atom.